The fourth-order valence-corrected chi connectivity index (χ4v) is 2.52. The van der Waals surface area contributed by atoms with E-state index in [-0.39, 0.29) is 13.2 Å². The Bertz CT molecular complexity index is 636. The molecule has 1 amide bonds. The summed E-state index contributed by atoms with van der Waals surface area (Å²) in [6.45, 7) is 0.0334. The summed E-state index contributed by atoms with van der Waals surface area (Å²) in [4.78, 5) is 11.6. The lowest BCUT2D eigenvalue weighted by molar-refractivity contribution is 0.0180. The first-order chi connectivity index (χ1) is 11.1. The maximum Gasteiger partial charge on any atom is 0.407 e. The molecule has 0 saturated carbocycles. The average molecular weight is 380 g/mol. The number of carbonyl (C=O) groups excluding carboxylic acids is 1. The third kappa shape index (κ3) is 5.35. The Labute approximate surface area is 143 Å². The average Bonchev–Trinajstić information content (AvgIpc) is 2.58. The summed E-state index contributed by atoms with van der Waals surface area (Å²) in [7, 11) is 0. The maximum absolute atomic E-state index is 11.6. The van der Waals surface area contributed by atoms with Crippen LogP contribution in [0.5, 0.6) is 0 Å². The van der Waals surface area contributed by atoms with Crippen LogP contribution in [-0.4, -0.2) is 29.0 Å². The lowest BCUT2D eigenvalue weighted by Gasteiger charge is -2.19. The molecule has 2 aromatic rings. The van der Waals surface area contributed by atoms with Crippen LogP contribution in [0.25, 0.3) is 0 Å². The molecular weight excluding hydrogens is 362 g/mol. The van der Waals surface area contributed by atoms with Gasteiger partial charge in [-0.15, -0.1) is 0 Å². The summed E-state index contributed by atoms with van der Waals surface area (Å²) in [6.07, 6.45) is -2.90. The van der Waals surface area contributed by atoms with Crippen molar-refractivity contribution in [3.63, 3.8) is 0 Å². The van der Waals surface area contributed by atoms with Gasteiger partial charge in [-0.3, -0.25) is 0 Å². The highest BCUT2D eigenvalue weighted by atomic mass is 79.9. The van der Waals surface area contributed by atoms with Gasteiger partial charge < -0.3 is 20.3 Å². The van der Waals surface area contributed by atoms with Gasteiger partial charge in [0.05, 0.1) is 0 Å². The second-order valence-electron chi connectivity index (χ2n) is 4.98. The van der Waals surface area contributed by atoms with Gasteiger partial charge >= 0.3 is 6.09 Å². The van der Waals surface area contributed by atoms with Crippen molar-refractivity contribution in [3.05, 3.63) is 70.2 Å². The minimum atomic E-state index is -1.14. The Morgan fingerprint density at radius 3 is 2.43 bits per heavy atom. The molecule has 0 saturated heterocycles. The Hall–Kier alpha value is -1.89. The molecule has 6 heteroatoms. The fourth-order valence-electron chi connectivity index (χ4n) is 2.00. The molecule has 0 aliphatic heterocycles. The zero-order valence-corrected chi connectivity index (χ0v) is 13.9. The third-order valence-electron chi connectivity index (χ3n) is 3.26. The van der Waals surface area contributed by atoms with Crippen molar-refractivity contribution in [2.75, 3.05) is 6.54 Å². The molecule has 0 aliphatic carbocycles. The van der Waals surface area contributed by atoms with E-state index in [1.807, 2.05) is 36.4 Å². The SMILES string of the molecule is O=C(NCC(O)C(O)c1ccccc1Br)OCc1ccccc1. The second-order valence-corrected chi connectivity index (χ2v) is 5.83. The number of aliphatic hydroxyl groups is 2. The minimum absolute atomic E-state index is 0.115. The summed E-state index contributed by atoms with van der Waals surface area (Å²) in [5, 5.41) is 22.5. The summed E-state index contributed by atoms with van der Waals surface area (Å²) in [6, 6.07) is 16.3. The monoisotopic (exact) mass is 379 g/mol. The van der Waals surface area contributed by atoms with E-state index in [1.54, 1.807) is 18.2 Å². The van der Waals surface area contributed by atoms with Crippen LogP contribution >= 0.6 is 15.9 Å². The van der Waals surface area contributed by atoms with Crippen molar-refractivity contribution in [3.8, 4) is 0 Å². The molecule has 2 aromatic carbocycles. The van der Waals surface area contributed by atoms with Gasteiger partial charge in [-0.25, -0.2) is 4.79 Å². The lowest BCUT2D eigenvalue weighted by atomic mass is 10.0. The van der Waals surface area contributed by atoms with Crippen molar-refractivity contribution in [2.24, 2.45) is 0 Å². The molecule has 122 valence electrons. The molecule has 2 unspecified atom stereocenters. The third-order valence-corrected chi connectivity index (χ3v) is 3.98. The molecule has 2 rings (SSSR count). The predicted octanol–water partition coefficient (Wildman–Crippen LogP) is 2.77. The van der Waals surface area contributed by atoms with Gasteiger partial charge in [0.15, 0.2) is 0 Å². The number of amides is 1. The molecule has 0 aromatic heterocycles. The van der Waals surface area contributed by atoms with E-state index in [9.17, 15) is 15.0 Å². The van der Waals surface area contributed by atoms with Crippen LogP contribution in [0.2, 0.25) is 0 Å². The number of hydrogen-bond acceptors (Lipinski definition) is 4. The van der Waals surface area contributed by atoms with Crippen LogP contribution in [0.1, 0.15) is 17.2 Å². The quantitative estimate of drug-likeness (QED) is 0.720. The van der Waals surface area contributed by atoms with Crippen molar-refractivity contribution in [1.29, 1.82) is 0 Å². The normalized spacial score (nSPS) is 13.2. The first-order valence-electron chi connectivity index (χ1n) is 7.13. The number of benzene rings is 2. The first kappa shape index (κ1) is 17.5. The van der Waals surface area contributed by atoms with Crippen LogP contribution in [0, 0.1) is 0 Å². The van der Waals surface area contributed by atoms with Crippen molar-refractivity contribution < 1.29 is 19.7 Å². The Morgan fingerprint density at radius 1 is 1.09 bits per heavy atom. The van der Waals surface area contributed by atoms with Gasteiger partial charge in [0.2, 0.25) is 0 Å². The van der Waals surface area contributed by atoms with E-state index < -0.39 is 18.3 Å². The number of rotatable bonds is 6. The molecule has 0 fully saturated rings. The van der Waals surface area contributed by atoms with E-state index in [1.165, 1.54) is 0 Å². The smallest absolute Gasteiger partial charge is 0.407 e. The lowest BCUT2D eigenvalue weighted by Crippen LogP contribution is -2.35. The van der Waals surface area contributed by atoms with Crippen LogP contribution in [0.3, 0.4) is 0 Å². The second kappa shape index (κ2) is 8.67. The van der Waals surface area contributed by atoms with E-state index in [4.69, 9.17) is 4.74 Å². The highest BCUT2D eigenvalue weighted by Crippen LogP contribution is 2.25. The first-order valence-corrected chi connectivity index (χ1v) is 7.92. The van der Waals surface area contributed by atoms with Gasteiger partial charge in [-0.05, 0) is 17.2 Å². The molecule has 0 heterocycles. The predicted molar refractivity (Wildman–Crippen MR) is 89.7 cm³/mol. The summed E-state index contributed by atoms with van der Waals surface area (Å²) >= 11 is 3.31. The molecular formula is C17H18BrNO4. The highest BCUT2D eigenvalue weighted by molar-refractivity contribution is 9.10. The van der Waals surface area contributed by atoms with Crippen molar-refractivity contribution in [1.82, 2.24) is 5.32 Å². The Morgan fingerprint density at radius 2 is 1.74 bits per heavy atom. The van der Waals surface area contributed by atoms with Crippen LogP contribution in [-0.2, 0) is 11.3 Å². The van der Waals surface area contributed by atoms with E-state index in [2.05, 4.69) is 21.2 Å². The van der Waals surface area contributed by atoms with Crippen LogP contribution < -0.4 is 5.32 Å². The topological polar surface area (TPSA) is 78.8 Å². The maximum atomic E-state index is 11.6. The number of hydrogen-bond donors (Lipinski definition) is 3. The standard InChI is InChI=1S/C17H18BrNO4/c18-14-9-5-4-8-13(14)16(21)15(20)10-19-17(22)23-11-12-6-2-1-3-7-12/h1-9,15-16,20-21H,10-11H2,(H,19,22). The van der Waals surface area contributed by atoms with Gasteiger partial charge in [0, 0.05) is 11.0 Å². The fraction of sp³-hybridized carbons (Fsp3) is 0.235. The zero-order valence-electron chi connectivity index (χ0n) is 12.4. The number of alkyl carbamates (subject to hydrolysis) is 1. The molecule has 5 nitrogen and oxygen atoms in total. The highest BCUT2D eigenvalue weighted by Gasteiger charge is 2.21. The number of nitrogens with one attached hydrogen (secondary N) is 1. The Kier molecular flexibility index (Phi) is 6.58. The van der Waals surface area contributed by atoms with Gasteiger partial charge in [-0.2, -0.15) is 0 Å². The van der Waals surface area contributed by atoms with Gasteiger partial charge in [-0.1, -0.05) is 64.5 Å². The molecule has 0 aliphatic rings. The molecule has 0 radical (unpaired) electrons. The van der Waals surface area contributed by atoms with E-state index in [0.29, 0.717) is 10.0 Å². The van der Waals surface area contributed by atoms with E-state index >= 15 is 0 Å². The molecule has 3 N–H and O–H groups in total. The van der Waals surface area contributed by atoms with Crippen LogP contribution in [0.4, 0.5) is 4.79 Å². The number of ether oxygens (including phenoxy) is 1. The molecule has 23 heavy (non-hydrogen) atoms. The number of halogens is 1. The van der Waals surface area contributed by atoms with Crippen molar-refractivity contribution in [2.45, 2.75) is 18.8 Å². The number of carbonyl (C=O) groups is 1. The van der Waals surface area contributed by atoms with Crippen LogP contribution in [0.15, 0.2) is 59.1 Å². The molecule has 0 spiro atoms. The molecule has 2 atom stereocenters. The summed E-state index contributed by atoms with van der Waals surface area (Å²) in [5.41, 5.74) is 1.43. The van der Waals surface area contributed by atoms with Gasteiger partial charge in [0.1, 0.15) is 18.8 Å². The van der Waals surface area contributed by atoms with Gasteiger partial charge in [0.25, 0.3) is 0 Å². The minimum Gasteiger partial charge on any atom is -0.445 e. The zero-order chi connectivity index (χ0) is 16.7. The summed E-state index contributed by atoms with van der Waals surface area (Å²) < 4.78 is 5.73. The Balaban J connectivity index is 1.78. The molecule has 0 bridgehead atoms. The van der Waals surface area contributed by atoms with E-state index in [0.717, 1.165) is 5.56 Å². The summed E-state index contributed by atoms with van der Waals surface area (Å²) in [5.74, 6) is 0. The van der Waals surface area contributed by atoms with Crippen molar-refractivity contribution >= 4 is 22.0 Å². The number of aliphatic hydroxyl groups excluding tert-OH is 2. The largest absolute Gasteiger partial charge is 0.445 e.